The first-order valence-electron chi connectivity index (χ1n) is 10.9. The fourth-order valence-corrected chi connectivity index (χ4v) is 4.52. The first kappa shape index (κ1) is 20.7. The Bertz CT molecular complexity index is 1030. The number of aromatic nitrogens is 2. The number of nitrogens with zero attached hydrogens (tertiary/aromatic N) is 3. The molecule has 30 heavy (non-hydrogen) atoms. The number of esters is 1. The second-order valence-electron chi connectivity index (χ2n) is 8.41. The summed E-state index contributed by atoms with van der Waals surface area (Å²) in [7, 11) is 0. The van der Waals surface area contributed by atoms with Crippen LogP contribution < -0.4 is 0 Å². The first-order chi connectivity index (χ1) is 14.5. The summed E-state index contributed by atoms with van der Waals surface area (Å²) in [4.78, 5) is 14.7. The Labute approximate surface area is 177 Å². The lowest BCUT2D eigenvalue weighted by atomic mass is 10.1. The fraction of sp³-hybridized carbons (Fsp3) is 0.500. The summed E-state index contributed by atoms with van der Waals surface area (Å²) in [5.74, 6) is 1.12. The van der Waals surface area contributed by atoms with Gasteiger partial charge in [0, 0.05) is 29.2 Å². The minimum atomic E-state index is -0.199. The van der Waals surface area contributed by atoms with Gasteiger partial charge in [0.05, 0.1) is 18.3 Å². The van der Waals surface area contributed by atoms with E-state index in [2.05, 4.69) is 59.7 Å². The van der Waals surface area contributed by atoms with Crippen molar-refractivity contribution in [2.75, 3.05) is 13.2 Å². The molecule has 6 heteroatoms. The van der Waals surface area contributed by atoms with Gasteiger partial charge in [-0.1, -0.05) is 37.2 Å². The summed E-state index contributed by atoms with van der Waals surface area (Å²) < 4.78 is 13.0. The van der Waals surface area contributed by atoms with E-state index in [1.54, 1.807) is 0 Å². The van der Waals surface area contributed by atoms with Crippen LogP contribution >= 0.6 is 0 Å². The van der Waals surface area contributed by atoms with E-state index in [1.165, 1.54) is 10.9 Å². The number of hydrogen-bond acceptors (Lipinski definition) is 5. The van der Waals surface area contributed by atoms with E-state index < -0.39 is 0 Å². The molecule has 1 unspecified atom stereocenters. The molecule has 160 valence electrons. The topological polar surface area (TPSA) is 60.5 Å². The molecule has 1 aromatic carbocycles. The molecule has 1 aliphatic heterocycles. The highest BCUT2D eigenvalue weighted by Crippen LogP contribution is 2.36. The van der Waals surface area contributed by atoms with E-state index in [-0.39, 0.29) is 18.6 Å². The normalized spacial score (nSPS) is 17.3. The van der Waals surface area contributed by atoms with Gasteiger partial charge in [0.15, 0.2) is 5.76 Å². The molecule has 4 rings (SSSR count). The standard InChI is InChI=1S/C24H31N3O3/c1-5-29-24(28)15-27-17(4)19(18-9-6-7-10-21(18)27)14-26-12-8-11-22(26)23-13-20(16(2)3)25-30-23/h6-7,9-10,13,16,22H,5,8,11-12,14-15H2,1-4H3. The van der Waals surface area contributed by atoms with Crippen LogP contribution in [0.1, 0.15) is 68.3 Å². The minimum absolute atomic E-state index is 0.199. The van der Waals surface area contributed by atoms with Crippen molar-refractivity contribution in [3.63, 3.8) is 0 Å². The highest BCUT2D eigenvalue weighted by molar-refractivity contribution is 5.87. The smallest absolute Gasteiger partial charge is 0.325 e. The van der Waals surface area contributed by atoms with Gasteiger partial charge in [-0.15, -0.1) is 0 Å². The summed E-state index contributed by atoms with van der Waals surface area (Å²) in [6, 6.07) is 10.7. The van der Waals surface area contributed by atoms with Crippen molar-refractivity contribution in [2.45, 2.75) is 65.6 Å². The van der Waals surface area contributed by atoms with Crippen molar-refractivity contribution in [3.8, 4) is 0 Å². The summed E-state index contributed by atoms with van der Waals surface area (Å²) in [5, 5.41) is 5.47. The third-order valence-corrected chi connectivity index (χ3v) is 6.15. The molecule has 0 amide bonds. The van der Waals surface area contributed by atoms with E-state index >= 15 is 0 Å². The van der Waals surface area contributed by atoms with Crippen LogP contribution in [0.5, 0.6) is 0 Å². The highest BCUT2D eigenvalue weighted by atomic mass is 16.5. The second kappa shape index (κ2) is 8.64. The average molecular weight is 410 g/mol. The number of carbonyl (C=O) groups excluding carboxylic acids is 1. The molecule has 0 saturated carbocycles. The van der Waals surface area contributed by atoms with Crippen LogP contribution in [0.25, 0.3) is 10.9 Å². The van der Waals surface area contributed by atoms with Crippen LogP contribution in [0.4, 0.5) is 0 Å². The SMILES string of the molecule is CCOC(=O)Cn1c(C)c(CN2CCCC2c2cc(C(C)C)no2)c2ccccc21. The number of carbonyl (C=O) groups is 1. The maximum Gasteiger partial charge on any atom is 0.325 e. The predicted molar refractivity (Wildman–Crippen MR) is 116 cm³/mol. The van der Waals surface area contributed by atoms with Gasteiger partial charge < -0.3 is 13.8 Å². The van der Waals surface area contributed by atoms with Crippen LogP contribution in [0.2, 0.25) is 0 Å². The van der Waals surface area contributed by atoms with Gasteiger partial charge >= 0.3 is 5.97 Å². The fourth-order valence-electron chi connectivity index (χ4n) is 4.52. The molecule has 0 aliphatic carbocycles. The molecule has 1 saturated heterocycles. The molecule has 1 aliphatic rings. The molecule has 0 bridgehead atoms. The van der Waals surface area contributed by atoms with Gasteiger partial charge in [-0.2, -0.15) is 0 Å². The quantitative estimate of drug-likeness (QED) is 0.516. The van der Waals surface area contributed by atoms with Crippen molar-refractivity contribution in [2.24, 2.45) is 0 Å². The van der Waals surface area contributed by atoms with E-state index in [9.17, 15) is 4.79 Å². The third-order valence-electron chi connectivity index (χ3n) is 6.15. The number of hydrogen-bond donors (Lipinski definition) is 0. The summed E-state index contributed by atoms with van der Waals surface area (Å²) in [6.07, 6.45) is 2.22. The molecule has 2 aromatic heterocycles. The molecular formula is C24H31N3O3. The minimum Gasteiger partial charge on any atom is -0.465 e. The largest absolute Gasteiger partial charge is 0.465 e. The maximum absolute atomic E-state index is 12.2. The lowest BCUT2D eigenvalue weighted by Gasteiger charge is -2.22. The lowest BCUT2D eigenvalue weighted by Crippen LogP contribution is -2.23. The Balaban J connectivity index is 1.64. The van der Waals surface area contributed by atoms with Gasteiger partial charge in [0.2, 0.25) is 0 Å². The predicted octanol–water partition coefficient (Wildman–Crippen LogP) is 4.96. The molecule has 3 heterocycles. The summed E-state index contributed by atoms with van der Waals surface area (Å²) in [6.45, 7) is 10.7. The summed E-state index contributed by atoms with van der Waals surface area (Å²) >= 11 is 0. The van der Waals surface area contributed by atoms with E-state index in [4.69, 9.17) is 9.26 Å². The maximum atomic E-state index is 12.2. The highest BCUT2D eigenvalue weighted by Gasteiger charge is 2.31. The second-order valence-corrected chi connectivity index (χ2v) is 8.41. The number of ether oxygens (including phenoxy) is 1. The van der Waals surface area contributed by atoms with Gasteiger partial charge in [-0.05, 0) is 50.8 Å². The van der Waals surface area contributed by atoms with Gasteiger partial charge in [0.1, 0.15) is 6.54 Å². The van der Waals surface area contributed by atoms with Crippen molar-refractivity contribution in [3.05, 3.63) is 53.0 Å². The molecule has 1 atom stereocenters. The molecule has 3 aromatic rings. The number of rotatable bonds is 7. The first-order valence-corrected chi connectivity index (χ1v) is 10.9. The Morgan fingerprint density at radius 1 is 1.33 bits per heavy atom. The van der Waals surface area contributed by atoms with Crippen molar-refractivity contribution in [1.29, 1.82) is 0 Å². The Morgan fingerprint density at radius 2 is 2.13 bits per heavy atom. The van der Waals surface area contributed by atoms with E-state index in [0.717, 1.165) is 48.6 Å². The number of fused-ring (bicyclic) bond motifs is 1. The zero-order chi connectivity index (χ0) is 21.3. The average Bonchev–Trinajstić information content (AvgIpc) is 3.43. The van der Waals surface area contributed by atoms with E-state index in [0.29, 0.717) is 12.5 Å². The number of para-hydroxylation sites is 1. The molecule has 6 nitrogen and oxygen atoms in total. The van der Waals surface area contributed by atoms with Gasteiger partial charge in [0.25, 0.3) is 0 Å². The van der Waals surface area contributed by atoms with Crippen molar-refractivity contribution >= 4 is 16.9 Å². The Morgan fingerprint density at radius 3 is 2.87 bits per heavy atom. The van der Waals surface area contributed by atoms with Crippen LogP contribution in [-0.4, -0.2) is 33.7 Å². The van der Waals surface area contributed by atoms with E-state index in [1.807, 2.05) is 13.0 Å². The number of likely N-dealkylation sites (tertiary alicyclic amines) is 1. The molecule has 0 radical (unpaired) electrons. The lowest BCUT2D eigenvalue weighted by molar-refractivity contribution is -0.143. The molecule has 0 spiro atoms. The van der Waals surface area contributed by atoms with Crippen LogP contribution in [0.15, 0.2) is 34.9 Å². The molecule has 1 fully saturated rings. The Hall–Kier alpha value is -2.60. The zero-order valence-corrected chi connectivity index (χ0v) is 18.4. The third kappa shape index (κ3) is 3.88. The summed E-state index contributed by atoms with van der Waals surface area (Å²) in [5.41, 5.74) is 4.48. The molecule has 0 N–H and O–H groups in total. The van der Waals surface area contributed by atoms with Gasteiger partial charge in [-0.25, -0.2) is 0 Å². The van der Waals surface area contributed by atoms with Crippen LogP contribution in [-0.2, 0) is 22.6 Å². The zero-order valence-electron chi connectivity index (χ0n) is 18.4. The monoisotopic (exact) mass is 409 g/mol. The number of benzene rings is 1. The van der Waals surface area contributed by atoms with Crippen molar-refractivity contribution < 1.29 is 14.1 Å². The Kier molecular flexibility index (Phi) is 5.95. The van der Waals surface area contributed by atoms with Crippen LogP contribution in [0.3, 0.4) is 0 Å². The van der Waals surface area contributed by atoms with Crippen LogP contribution in [0, 0.1) is 6.92 Å². The van der Waals surface area contributed by atoms with Crippen molar-refractivity contribution in [1.82, 2.24) is 14.6 Å². The van der Waals surface area contributed by atoms with Gasteiger partial charge in [-0.3, -0.25) is 9.69 Å². The molecular weight excluding hydrogens is 378 g/mol.